The second kappa shape index (κ2) is 5.83. The lowest BCUT2D eigenvalue weighted by Gasteiger charge is -2.21. The Morgan fingerprint density at radius 1 is 1.38 bits per heavy atom. The van der Waals surface area contributed by atoms with Gasteiger partial charge < -0.3 is 10.1 Å². The van der Waals surface area contributed by atoms with E-state index >= 15 is 0 Å². The van der Waals surface area contributed by atoms with Crippen LogP contribution < -0.4 is 10.2 Å². The molecule has 26 heavy (non-hydrogen) atoms. The Labute approximate surface area is 151 Å². The molecule has 2 aliphatic heterocycles. The molecule has 1 aromatic carbocycles. The van der Waals surface area contributed by atoms with E-state index in [2.05, 4.69) is 5.32 Å². The van der Waals surface area contributed by atoms with Crippen LogP contribution in [0.25, 0.3) is 0 Å². The molecule has 0 bridgehead atoms. The summed E-state index contributed by atoms with van der Waals surface area (Å²) in [4.78, 5) is 39.0. The van der Waals surface area contributed by atoms with Crippen LogP contribution in [0.2, 0.25) is 0 Å². The Kier molecular flexibility index (Phi) is 3.72. The van der Waals surface area contributed by atoms with Crippen LogP contribution in [0.1, 0.15) is 25.8 Å². The number of anilines is 2. The smallest absolute Gasteiger partial charge is 0.328 e. The first-order valence-electron chi connectivity index (χ1n) is 8.79. The van der Waals surface area contributed by atoms with E-state index in [1.165, 1.54) is 4.90 Å². The quantitative estimate of drug-likeness (QED) is 0.513. The minimum absolute atomic E-state index is 0.246. The number of nitrogens with zero attached hydrogens (tertiary/aromatic N) is 1. The van der Waals surface area contributed by atoms with Gasteiger partial charge in [-0.2, -0.15) is 0 Å². The highest BCUT2D eigenvalue weighted by Crippen LogP contribution is 2.44. The van der Waals surface area contributed by atoms with Gasteiger partial charge in [-0.3, -0.25) is 9.59 Å². The van der Waals surface area contributed by atoms with Crippen molar-refractivity contribution in [1.29, 1.82) is 0 Å². The molecule has 3 aliphatic rings. The number of imide groups is 1. The summed E-state index contributed by atoms with van der Waals surface area (Å²) in [7, 11) is 0. The number of allylic oxidation sites excluding steroid dienone is 2. The Morgan fingerprint density at radius 2 is 2.19 bits per heavy atom. The van der Waals surface area contributed by atoms with Gasteiger partial charge in [-0.1, -0.05) is 24.3 Å². The van der Waals surface area contributed by atoms with Crippen LogP contribution in [0.5, 0.6) is 0 Å². The molecule has 6 nitrogen and oxygen atoms in total. The van der Waals surface area contributed by atoms with Gasteiger partial charge in [0.2, 0.25) is 5.91 Å². The van der Waals surface area contributed by atoms with Gasteiger partial charge in [0.05, 0.1) is 17.7 Å². The molecule has 0 radical (unpaired) electrons. The topological polar surface area (TPSA) is 75.7 Å². The number of carbonyl (C=O) groups excluding carboxylic acids is 3. The zero-order valence-electron chi connectivity index (χ0n) is 14.7. The molecule has 2 atom stereocenters. The number of nitrogens with one attached hydrogen (secondary N) is 1. The van der Waals surface area contributed by atoms with Crippen molar-refractivity contribution >= 4 is 29.2 Å². The van der Waals surface area contributed by atoms with Crippen LogP contribution in [0.4, 0.5) is 11.4 Å². The summed E-state index contributed by atoms with van der Waals surface area (Å²) in [6, 6.07) is 4.94. The highest BCUT2D eigenvalue weighted by molar-refractivity contribution is 6.31. The molecule has 4 rings (SSSR count). The Balaban J connectivity index is 1.64. The molecule has 6 heteroatoms. The standard InChI is InChI=1S/C20H20N2O4/c1-3-26-18(24)16-10-12-7-8-13(11-15(12)21-16)22-17(23)14-6-4-5-9-20(14,2)19(22)25/h5-9,11,16,21H,3-4,10H2,1-2H3. The maximum atomic E-state index is 12.9. The van der Waals surface area contributed by atoms with Crippen LogP contribution >= 0.6 is 0 Å². The van der Waals surface area contributed by atoms with Crippen molar-refractivity contribution in [1.82, 2.24) is 0 Å². The van der Waals surface area contributed by atoms with E-state index in [4.69, 9.17) is 4.74 Å². The summed E-state index contributed by atoms with van der Waals surface area (Å²) in [5.74, 6) is -0.821. The number of hydrogen-bond donors (Lipinski definition) is 1. The predicted molar refractivity (Wildman–Crippen MR) is 96.6 cm³/mol. The van der Waals surface area contributed by atoms with E-state index < -0.39 is 11.5 Å². The summed E-state index contributed by atoms with van der Waals surface area (Å²) in [5.41, 5.74) is 1.87. The number of hydrogen-bond acceptors (Lipinski definition) is 5. The van der Waals surface area contributed by atoms with Gasteiger partial charge in [-0.05, 0) is 38.0 Å². The normalized spacial score (nSPS) is 26.3. The van der Waals surface area contributed by atoms with Crippen LogP contribution in [0.15, 0.2) is 42.0 Å². The molecule has 1 aliphatic carbocycles. The van der Waals surface area contributed by atoms with Crippen molar-refractivity contribution in [2.75, 3.05) is 16.8 Å². The van der Waals surface area contributed by atoms with Gasteiger partial charge in [0.25, 0.3) is 5.91 Å². The van der Waals surface area contributed by atoms with Crippen LogP contribution in [-0.2, 0) is 25.5 Å². The number of benzene rings is 1. The molecule has 1 fully saturated rings. The summed E-state index contributed by atoms with van der Waals surface area (Å²) in [6.45, 7) is 3.87. The zero-order chi connectivity index (χ0) is 18.5. The number of fused-ring (bicyclic) bond motifs is 2. The van der Waals surface area contributed by atoms with E-state index in [-0.39, 0.29) is 17.8 Å². The van der Waals surface area contributed by atoms with Crippen molar-refractivity contribution < 1.29 is 19.1 Å². The van der Waals surface area contributed by atoms with Crippen LogP contribution in [0, 0.1) is 5.41 Å². The third-order valence-corrected chi connectivity index (χ3v) is 5.23. The van der Waals surface area contributed by atoms with Crippen molar-refractivity contribution in [3.05, 3.63) is 47.6 Å². The lowest BCUT2D eigenvalue weighted by molar-refractivity contribution is -0.143. The second-order valence-corrected chi connectivity index (χ2v) is 6.90. The lowest BCUT2D eigenvalue weighted by atomic mass is 9.80. The fourth-order valence-electron chi connectivity index (χ4n) is 3.83. The van der Waals surface area contributed by atoms with E-state index in [1.807, 2.05) is 24.3 Å². The lowest BCUT2D eigenvalue weighted by Crippen LogP contribution is -2.33. The molecule has 2 heterocycles. The molecule has 1 saturated heterocycles. The third-order valence-electron chi connectivity index (χ3n) is 5.23. The molecular formula is C20H20N2O4. The van der Waals surface area contributed by atoms with Gasteiger partial charge in [0, 0.05) is 17.7 Å². The average Bonchev–Trinajstić information content (AvgIpc) is 3.13. The molecule has 0 spiro atoms. The van der Waals surface area contributed by atoms with Gasteiger partial charge in [0.15, 0.2) is 0 Å². The fourth-order valence-corrected chi connectivity index (χ4v) is 3.83. The first-order valence-corrected chi connectivity index (χ1v) is 8.79. The Hall–Kier alpha value is -2.89. The predicted octanol–water partition coefficient (Wildman–Crippen LogP) is 2.35. The first-order chi connectivity index (χ1) is 12.5. The molecule has 2 amide bonds. The number of ether oxygens (including phenoxy) is 1. The van der Waals surface area contributed by atoms with Gasteiger partial charge in [0.1, 0.15) is 6.04 Å². The van der Waals surface area contributed by atoms with Gasteiger partial charge in [-0.25, -0.2) is 9.69 Å². The molecule has 134 valence electrons. The Bertz CT molecular complexity index is 886. The zero-order valence-corrected chi connectivity index (χ0v) is 14.7. The van der Waals surface area contributed by atoms with Crippen LogP contribution in [0.3, 0.4) is 0 Å². The number of amides is 2. The molecule has 1 N–H and O–H groups in total. The first kappa shape index (κ1) is 16.6. The number of rotatable bonds is 3. The Morgan fingerprint density at radius 3 is 2.92 bits per heavy atom. The summed E-state index contributed by atoms with van der Waals surface area (Å²) >= 11 is 0. The summed E-state index contributed by atoms with van der Waals surface area (Å²) in [6.07, 6.45) is 6.73. The fraction of sp³-hybridized carbons (Fsp3) is 0.350. The van der Waals surface area contributed by atoms with E-state index in [0.717, 1.165) is 11.3 Å². The monoisotopic (exact) mass is 352 g/mol. The van der Waals surface area contributed by atoms with Crippen molar-refractivity contribution in [2.24, 2.45) is 5.41 Å². The maximum Gasteiger partial charge on any atom is 0.328 e. The highest BCUT2D eigenvalue weighted by Gasteiger charge is 2.52. The number of carbonyl (C=O) groups is 3. The molecule has 0 aromatic heterocycles. The van der Waals surface area contributed by atoms with E-state index in [1.54, 1.807) is 26.0 Å². The molecular weight excluding hydrogens is 332 g/mol. The van der Waals surface area contributed by atoms with Gasteiger partial charge in [-0.15, -0.1) is 0 Å². The summed E-state index contributed by atoms with van der Waals surface area (Å²) in [5, 5.41) is 3.13. The van der Waals surface area contributed by atoms with E-state index in [0.29, 0.717) is 30.7 Å². The average molecular weight is 352 g/mol. The third kappa shape index (κ3) is 2.29. The minimum atomic E-state index is -0.894. The summed E-state index contributed by atoms with van der Waals surface area (Å²) < 4.78 is 5.06. The highest BCUT2D eigenvalue weighted by atomic mass is 16.5. The van der Waals surface area contributed by atoms with Crippen LogP contribution in [-0.4, -0.2) is 30.4 Å². The number of esters is 1. The molecule has 2 unspecified atom stereocenters. The van der Waals surface area contributed by atoms with Gasteiger partial charge >= 0.3 is 5.97 Å². The van der Waals surface area contributed by atoms with Crippen molar-refractivity contribution in [3.8, 4) is 0 Å². The van der Waals surface area contributed by atoms with Crippen molar-refractivity contribution in [2.45, 2.75) is 32.7 Å². The van der Waals surface area contributed by atoms with Crippen molar-refractivity contribution in [3.63, 3.8) is 0 Å². The SMILES string of the molecule is CCOC(=O)C1Cc2ccc(N3C(=O)C4=CCC=CC4(C)C3=O)cc2N1. The maximum absolute atomic E-state index is 12.9. The molecule has 1 aromatic rings. The minimum Gasteiger partial charge on any atom is -0.464 e. The largest absolute Gasteiger partial charge is 0.464 e. The van der Waals surface area contributed by atoms with E-state index in [9.17, 15) is 14.4 Å². The molecule has 0 saturated carbocycles. The second-order valence-electron chi connectivity index (χ2n) is 6.90.